The molecule has 0 rings (SSSR count). The van der Waals surface area contributed by atoms with E-state index in [1.165, 1.54) is 13.8 Å². The topological polar surface area (TPSA) is 0 Å². The minimum atomic E-state index is -4.08. The average molecular weight is 266 g/mol. The van der Waals surface area contributed by atoms with Crippen LogP contribution < -0.4 is 0 Å². The number of halogens is 3. The van der Waals surface area contributed by atoms with Crippen molar-refractivity contribution in [3.63, 3.8) is 0 Å². The van der Waals surface area contributed by atoms with Gasteiger partial charge in [0.2, 0.25) is 0 Å². The van der Waals surface area contributed by atoms with Crippen LogP contribution in [-0.4, -0.2) is 6.18 Å². The number of unbranched alkanes of at least 4 members (excludes halogenated alkanes) is 3. The minimum absolute atomic E-state index is 0.230. The Balaban J connectivity index is 4.37. The first-order valence-electron chi connectivity index (χ1n) is 7.31. The number of alkyl halides is 3. The number of hydrogen-bond donors (Lipinski definition) is 0. The van der Waals surface area contributed by atoms with Gasteiger partial charge in [-0.2, -0.15) is 13.2 Å². The van der Waals surface area contributed by atoms with Crippen molar-refractivity contribution in [1.29, 1.82) is 0 Å². The second kappa shape index (κ2) is 8.06. The molecule has 110 valence electrons. The van der Waals surface area contributed by atoms with Crippen molar-refractivity contribution in [3.05, 3.63) is 0 Å². The molecule has 0 heterocycles. The normalized spacial score (nSPS) is 14.8. The van der Waals surface area contributed by atoms with E-state index in [0.717, 1.165) is 44.9 Å². The zero-order valence-corrected chi connectivity index (χ0v) is 12.4. The summed E-state index contributed by atoms with van der Waals surface area (Å²) in [7, 11) is 0. The molecule has 18 heavy (non-hydrogen) atoms. The van der Waals surface area contributed by atoms with Crippen molar-refractivity contribution in [2.75, 3.05) is 0 Å². The molecule has 1 atom stereocenters. The van der Waals surface area contributed by atoms with Crippen molar-refractivity contribution < 1.29 is 13.2 Å². The first kappa shape index (κ1) is 17.8. The maximum absolute atomic E-state index is 12.9. The van der Waals surface area contributed by atoms with Crippen molar-refractivity contribution >= 4 is 0 Å². The standard InChI is InChI=1S/C15H29F3/c1-5-7-9-11-13(10-8-6-2)12-14(3,4)15(16,17)18/h13H,5-12H2,1-4H3. The molecule has 0 bridgehead atoms. The van der Waals surface area contributed by atoms with Crippen LogP contribution in [0.1, 0.15) is 79.1 Å². The molecule has 0 aliphatic carbocycles. The summed E-state index contributed by atoms with van der Waals surface area (Å²) >= 11 is 0. The zero-order valence-electron chi connectivity index (χ0n) is 12.4. The van der Waals surface area contributed by atoms with Crippen molar-refractivity contribution in [3.8, 4) is 0 Å². The van der Waals surface area contributed by atoms with Crippen LogP contribution >= 0.6 is 0 Å². The molecule has 0 aliphatic heterocycles. The Bertz CT molecular complexity index is 206. The van der Waals surface area contributed by atoms with Crippen LogP contribution in [0.2, 0.25) is 0 Å². The van der Waals surface area contributed by atoms with Crippen molar-refractivity contribution in [2.45, 2.75) is 85.2 Å². The van der Waals surface area contributed by atoms with Crippen LogP contribution in [0.3, 0.4) is 0 Å². The quantitative estimate of drug-likeness (QED) is 0.426. The van der Waals surface area contributed by atoms with Crippen LogP contribution in [0.25, 0.3) is 0 Å². The van der Waals surface area contributed by atoms with E-state index in [0.29, 0.717) is 0 Å². The molecule has 0 saturated heterocycles. The highest BCUT2D eigenvalue weighted by molar-refractivity contribution is 4.80. The first-order chi connectivity index (χ1) is 8.24. The van der Waals surface area contributed by atoms with E-state index in [9.17, 15) is 13.2 Å². The predicted molar refractivity (Wildman–Crippen MR) is 71.6 cm³/mol. The average Bonchev–Trinajstić information content (AvgIpc) is 2.24. The molecule has 0 nitrogen and oxygen atoms in total. The molecular formula is C15H29F3. The molecule has 0 aromatic heterocycles. The van der Waals surface area contributed by atoms with Crippen molar-refractivity contribution in [2.24, 2.45) is 11.3 Å². The Morgan fingerprint density at radius 3 is 1.78 bits per heavy atom. The lowest BCUT2D eigenvalue weighted by molar-refractivity contribution is -0.217. The Morgan fingerprint density at radius 2 is 1.33 bits per heavy atom. The Morgan fingerprint density at radius 1 is 0.833 bits per heavy atom. The highest BCUT2D eigenvalue weighted by Gasteiger charge is 2.47. The first-order valence-corrected chi connectivity index (χ1v) is 7.31. The van der Waals surface area contributed by atoms with E-state index in [2.05, 4.69) is 13.8 Å². The fraction of sp³-hybridized carbons (Fsp3) is 1.00. The summed E-state index contributed by atoms with van der Waals surface area (Å²) in [5, 5.41) is 0. The lowest BCUT2D eigenvalue weighted by Gasteiger charge is -2.32. The molecule has 0 aromatic rings. The molecule has 0 N–H and O–H groups in total. The van der Waals surface area contributed by atoms with E-state index < -0.39 is 11.6 Å². The Labute approximate surface area is 110 Å². The van der Waals surface area contributed by atoms with Crippen LogP contribution in [0.5, 0.6) is 0 Å². The van der Waals surface area contributed by atoms with Gasteiger partial charge in [0, 0.05) is 0 Å². The van der Waals surface area contributed by atoms with Gasteiger partial charge in [-0.25, -0.2) is 0 Å². The SMILES string of the molecule is CCCCCC(CCCC)CC(C)(C)C(F)(F)F. The second-order valence-corrected chi connectivity index (χ2v) is 6.09. The summed E-state index contributed by atoms with van der Waals surface area (Å²) in [4.78, 5) is 0. The molecule has 0 amide bonds. The molecule has 1 unspecified atom stereocenters. The monoisotopic (exact) mass is 266 g/mol. The van der Waals surface area contributed by atoms with Crippen LogP contribution in [0, 0.1) is 11.3 Å². The van der Waals surface area contributed by atoms with Crippen LogP contribution in [0.4, 0.5) is 13.2 Å². The third-order valence-corrected chi connectivity index (χ3v) is 3.75. The fourth-order valence-corrected chi connectivity index (χ4v) is 2.36. The predicted octanol–water partition coefficient (Wildman–Crippen LogP) is 6.35. The van der Waals surface area contributed by atoms with Gasteiger partial charge in [0.1, 0.15) is 0 Å². The summed E-state index contributed by atoms with van der Waals surface area (Å²) in [6.45, 7) is 6.90. The number of rotatable bonds is 9. The zero-order chi connectivity index (χ0) is 14.2. The van der Waals surface area contributed by atoms with Gasteiger partial charge in [0.15, 0.2) is 0 Å². The maximum Gasteiger partial charge on any atom is 0.393 e. The fourth-order valence-electron chi connectivity index (χ4n) is 2.36. The van der Waals surface area contributed by atoms with Crippen molar-refractivity contribution in [1.82, 2.24) is 0 Å². The van der Waals surface area contributed by atoms with E-state index in [1.807, 2.05) is 0 Å². The second-order valence-electron chi connectivity index (χ2n) is 6.09. The molecule has 0 fully saturated rings. The smallest absolute Gasteiger partial charge is 0.171 e. The van der Waals surface area contributed by atoms with Gasteiger partial charge in [-0.1, -0.05) is 72.6 Å². The number of hydrogen-bond acceptors (Lipinski definition) is 0. The summed E-state index contributed by atoms with van der Waals surface area (Å²) < 4.78 is 38.7. The van der Waals surface area contributed by atoms with Gasteiger partial charge in [-0.05, 0) is 12.3 Å². The molecule has 0 spiro atoms. The molecule has 0 radical (unpaired) electrons. The van der Waals surface area contributed by atoms with Gasteiger partial charge in [-0.3, -0.25) is 0 Å². The van der Waals surface area contributed by atoms with E-state index in [1.54, 1.807) is 0 Å². The summed E-state index contributed by atoms with van der Waals surface area (Å²) in [5.41, 5.74) is -1.54. The third kappa shape index (κ3) is 6.65. The molecule has 0 aromatic carbocycles. The minimum Gasteiger partial charge on any atom is -0.171 e. The van der Waals surface area contributed by atoms with E-state index >= 15 is 0 Å². The summed E-state index contributed by atoms with van der Waals surface area (Å²) in [5.74, 6) is 0.230. The van der Waals surface area contributed by atoms with Gasteiger partial charge in [0.25, 0.3) is 0 Å². The maximum atomic E-state index is 12.9. The highest BCUT2D eigenvalue weighted by atomic mass is 19.4. The lowest BCUT2D eigenvalue weighted by atomic mass is 9.78. The Hall–Kier alpha value is -0.210. The van der Waals surface area contributed by atoms with Crippen LogP contribution in [-0.2, 0) is 0 Å². The highest BCUT2D eigenvalue weighted by Crippen LogP contribution is 2.44. The largest absolute Gasteiger partial charge is 0.393 e. The van der Waals surface area contributed by atoms with Gasteiger partial charge >= 0.3 is 6.18 Å². The molecular weight excluding hydrogens is 237 g/mol. The summed E-state index contributed by atoms with van der Waals surface area (Å²) in [6, 6.07) is 0. The lowest BCUT2D eigenvalue weighted by Crippen LogP contribution is -2.34. The van der Waals surface area contributed by atoms with E-state index in [4.69, 9.17) is 0 Å². The summed E-state index contributed by atoms with van der Waals surface area (Å²) in [6.07, 6.45) is 3.54. The van der Waals surface area contributed by atoms with Gasteiger partial charge < -0.3 is 0 Å². The van der Waals surface area contributed by atoms with Crippen LogP contribution in [0.15, 0.2) is 0 Å². The van der Waals surface area contributed by atoms with Gasteiger partial charge in [0.05, 0.1) is 5.41 Å². The Kier molecular flexibility index (Phi) is 7.97. The van der Waals surface area contributed by atoms with E-state index in [-0.39, 0.29) is 12.3 Å². The molecule has 0 saturated carbocycles. The molecule has 0 aliphatic rings. The third-order valence-electron chi connectivity index (χ3n) is 3.75. The molecule has 3 heteroatoms. The van der Waals surface area contributed by atoms with Gasteiger partial charge in [-0.15, -0.1) is 0 Å².